The zero-order valence-electron chi connectivity index (χ0n) is 7.47. The van der Waals surface area contributed by atoms with Gasteiger partial charge in [0.2, 0.25) is 0 Å². The summed E-state index contributed by atoms with van der Waals surface area (Å²) in [5, 5.41) is 0. The minimum atomic E-state index is -2.85. The van der Waals surface area contributed by atoms with Gasteiger partial charge in [0, 0.05) is 19.0 Å². The number of sulfone groups is 1. The van der Waals surface area contributed by atoms with Gasteiger partial charge in [-0.2, -0.15) is 0 Å². The van der Waals surface area contributed by atoms with Crippen molar-refractivity contribution in [2.75, 3.05) is 17.7 Å². The van der Waals surface area contributed by atoms with E-state index in [4.69, 9.17) is 5.73 Å². The second-order valence-corrected chi connectivity index (χ2v) is 5.28. The number of nitrogen functional groups attached to an aromatic ring is 1. The summed E-state index contributed by atoms with van der Waals surface area (Å²) in [5.41, 5.74) is 5.39. The maximum Gasteiger partial charge on any atom is 0.147 e. The number of anilines is 1. The van der Waals surface area contributed by atoms with Crippen LogP contribution in [0.25, 0.3) is 0 Å². The molecule has 0 bridgehead atoms. The first-order valence-corrected chi connectivity index (χ1v) is 5.98. The van der Waals surface area contributed by atoms with Crippen molar-refractivity contribution in [3.63, 3.8) is 0 Å². The molecule has 74 valence electrons. The third kappa shape index (κ3) is 3.93. The van der Waals surface area contributed by atoms with E-state index >= 15 is 0 Å². The Kier molecular flexibility index (Phi) is 2.92. The topological polar surface area (TPSA) is 78.0 Å². The maximum atomic E-state index is 10.8. The highest BCUT2D eigenvalue weighted by atomic mass is 32.2. The lowest BCUT2D eigenvalue weighted by Gasteiger charge is -1.99. The first-order valence-electron chi connectivity index (χ1n) is 3.92. The highest BCUT2D eigenvalue weighted by Crippen LogP contribution is 1.99. The molecule has 0 atom stereocenters. The second-order valence-electron chi connectivity index (χ2n) is 3.02. The Morgan fingerprint density at radius 2 is 2.31 bits per heavy atom. The number of nitrogens with two attached hydrogens (primary N) is 1. The van der Waals surface area contributed by atoms with Crippen LogP contribution in [0.4, 0.5) is 5.82 Å². The Morgan fingerprint density at radius 1 is 1.62 bits per heavy atom. The van der Waals surface area contributed by atoms with Crippen molar-refractivity contribution in [3.05, 3.63) is 12.5 Å². The molecule has 13 heavy (non-hydrogen) atoms. The molecule has 0 fully saturated rings. The van der Waals surface area contributed by atoms with E-state index < -0.39 is 9.84 Å². The third-order valence-electron chi connectivity index (χ3n) is 1.58. The van der Waals surface area contributed by atoms with Crippen LogP contribution in [-0.4, -0.2) is 30.0 Å². The van der Waals surface area contributed by atoms with Crippen LogP contribution in [0.5, 0.6) is 0 Å². The molecule has 2 N–H and O–H groups in total. The van der Waals surface area contributed by atoms with Gasteiger partial charge in [-0.1, -0.05) is 0 Å². The summed E-state index contributed by atoms with van der Waals surface area (Å²) in [4.78, 5) is 3.82. The summed E-state index contributed by atoms with van der Waals surface area (Å²) in [7, 11) is -2.85. The molecule has 0 aliphatic heterocycles. The molecule has 5 nitrogen and oxygen atoms in total. The summed E-state index contributed by atoms with van der Waals surface area (Å²) >= 11 is 0. The molecule has 1 aromatic heterocycles. The molecule has 1 aromatic rings. The largest absolute Gasteiger partial charge is 0.382 e. The minimum absolute atomic E-state index is 0.199. The number of nitrogens with zero attached hydrogens (tertiary/aromatic N) is 2. The Bertz CT molecular complexity index is 369. The van der Waals surface area contributed by atoms with Crippen LogP contribution in [0, 0.1) is 0 Å². The summed E-state index contributed by atoms with van der Waals surface area (Å²) in [6.07, 6.45) is 5.10. The van der Waals surface area contributed by atoms with Crippen LogP contribution < -0.4 is 5.73 Å². The molecule has 1 rings (SSSR count). The van der Waals surface area contributed by atoms with Gasteiger partial charge in [-0.15, -0.1) is 0 Å². The average molecular weight is 203 g/mol. The molecule has 0 spiro atoms. The van der Waals surface area contributed by atoms with Gasteiger partial charge in [0.15, 0.2) is 0 Å². The third-order valence-corrected chi connectivity index (χ3v) is 2.61. The summed E-state index contributed by atoms with van der Waals surface area (Å²) in [6.45, 7) is 0.636. The fraction of sp³-hybridized carbons (Fsp3) is 0.571. The van der Waals surface area contributed by atoms with Crippen LogP contribution in [0.2, 0.25) is 0 Å². The molecular formula is C7H13N3O2S. The summed E-state index contributed by atoms with van der Waals surface area (Å²) < 4.78 is 23.3. The molecule has 0 aromatic carbocycles. The highest BCUT2D eigenvalue weighted by molar-refractivity contribution is 7.90. The smallest absolute Gasteiger partial charge is 0.147 e. The molecule has 0 unspecified atom stereocenters. The lowest BCUT2D eigenvalue weighted by molar-refractivity contribution is 0.592. The number of hydrogen-bond acceptors (Lipinski definition) is 4. The van der Waals surface area contributed by atoms with Crippen molar-refractivity contribution in [2.45, 2.75) is 13.0 Å². The van der Waals surface area contributed by atoms with E-state index in [1.807, 2.05) is 0 Å². The Hall–Kier alpha value is -1.04. The number of hydrogen-bond donors (Lipinski definition) is 1. The zero-order chi connectivity index (χ0) is 9.90. The number of rotatable bonds is 4. The van der Waals surface area contributed by atoms with Gasteiger partial charge < -0.3 is 10.3 Å². The van der Waals surface area contributed by atoms with E-state index in [2.05, 4.69) is 4.98 Å². The van der Waals surface area contributed by atoms with Crippen molar-refractivity contribution >= 4 is 15.7 Å². The van der Waals surface area contributed by atoms with Gasteiger partial charge in [-0.25, -0.2) is 13.4 Å². The Labute approximate surface area is 77.5 Å². The summed E-state index contributed by atoms with van der Waals surface area (Å²) in [5.74, 6) is 0.657. The lowest BCUT2D eigenvalue weighted by atomic mass is 10.5. The monoisotopic (exact) mass is 203 g/mol. The van der Waals surface area contributed by atoms with Crippen LogP contribution in [0.15, 0.2) is 12.5 Å². The van der Waals surface area contributed by atoms with Crippen molar-refractivity contribution in [3.8, 4) is 0 Å². The zero-order valence-corrected chi connectivity index (χ0v) is 8.29. The number of aromatic nitrogens is 2. The van der Waals surface area contributed by atoms with Crippen LogP contribution in [0.3, 0.4) is 0 Å². The van der Waals surface area contributed by atoms with Gasteiger partial charge >= 0.3 is 0 Å². The van der Waals surface area contributed by atoms with E-state index in [1.54, 1.807) is 17.1 Å². The molecule has 0 saturated heterocycles. The van der Waals surface area contributed by atoms with E-state index in [0.29, 0.717) is 18.8 Å². The Balaban J connectivity index is 2.36. The molecule has 0 aliphatic rings. The molecule has 0 aliphatic carbocycles. The normalized spacial score (nSPS) is 11.8. The van der Waals surface area contributed by atoms with E-state index in [9.17, 15) is 8.42 Å². The predicted octanol–water partition coefficient (Wildman–Crippen LogP) is -0.100. The summed E-state index contributed by atoms with van der Waals surface area (Å²) in [6, 6.07) is 0. The van der Waals surface area contributed by atoms with Crippen LogP contribution in [-0.2, 0) is 16.4 Å². The SMILES string of the molecule is CS(=O)(=O)CCCn1cnc(N)c1. The van der Waals surface area contributed by atoms with Crippen molar-refractivity contribution in [1.82, 2.24) is 9.55 Å². The van der Waals surface area contributed by atoms with Crippen molar-refractivity contribution < 1.29 is 8.42 Å². The highest BCUT2D eigenvalue weighted by Gasteiger charge is 2.01. The standard InChI is InChI=1S/C7H13N3O2S/c1-13(11,12)4-2-3-10-5-7(8)9-6-10/h5-6H,2-4,8H2,1H3. The van der Waals surface area contributed by atoms with Crippen molar-refractivity contribution in [1.29, 1.82) is 0 Å². The number of imidazole rings is 1. The molecule has 1 heterocycles. The van der Waals surface area contributed by atoms with Gasteiger partial charge in [0.1, 0.15) is 15.7 Å². The predicted molar refractivity (Wildman–Crippen MR) is 51.0 cm³/mol. The first kappa shape index (κ1) is 10.0. The lowest BCUT2D eigenvalue weighted by Crippen LogP contribution is -2.06. The second kappa shape index (κ2) is 3.78. The van der Waals surface area contributed by atoms with Crippen molar-refractivity contribution in [2.24, 2.45) is 0 Å². The molecule has 6 heteroatoms. The molecule has 0 saturated carbocycles. The van der Waals surface area contributed by atoms with E-state index in [0.717, 1.165) is 0 Å². The van der Waals surface area contributed by atoms with Gasteiger partial charge in [-0.05, 0) is 6.42 Å². The van der Waals surface area contributed by atoms with Crippen LogP contribution in [0.1, 0.15) is 6.42 Å². The number of aryl methyl sites for hydroxylation is 1. The van der Waals surface area contributed by atoms with Gasteiger partial charge in [0.05, 0.1) is 12.1 Å². The molecular weight excluding hydrogens is 190 g/mol. The molecule has 0 radical (unpaired) electrons. The maximum absolute atomic E-state index is 10.8. The van der Waals surface area contributed by atoms with Gasteiger partial charge in [0.25, 0.3) is 0 Å². The van der Waals surface area contributed by atoms with E-state index in [1.165, 1.54) is 6.26 Å². The Morgan fingerprint density at radius 3 is 2.77 bits per heavy atom. The first-order chi connectivity index (χ1) is 5.97. The van der Waals surface area contributed by atoms with E-state index in [-0.39, 0.29) is 5.75 Å². The fourth-order valence-electron chi connectivity index (χ4n) is 1.01. The quantitative estimate of drug-likeness (QED) is 0.741. The average Bonchev–Trinajstić information content (AvgIpc) is 2.33. The minimum Gasteiger partial charge on any atom is -0.382 e. The van der Waals surface area contributed by atoms with Gasteiger partial charge in [-0.3, -0.25) is 0 Å². The van der Waals surface area contributed by atoms with Crippen LogP contribution >= 0.6 is 0 Å². The fourth-order valence-corrected chi connectivity index (χ4v) is 1.66. The molecule has 0 amide bonds.